The van der Waals surface area contributed by atoms with Crippen LogP contribution in [-0.4, -0.2) is 32.2 Å². The summed E-state index contributed by atoms with van der Waals surface area (Å²) in [6.07, 6.45) is 7.64. The van der Waals surface area contributed by atoms with Crippen LogP contribution >= 0.6 is 0 Å². The molecule has 94 valence electrons. The van der Waals surface area contributed by atoms with Gasteiger partial charge in [0.25, 0.3) is 0 Å². The molecule has 18 heavy (non-hydrogen) atoms. The minimum absolute atomic E-state index is 0.192. The largest absolute Gasteiger partial charge is 0.465 e. The highest BCUT2D eigenvalue weighted by Crippen LogP contribution is 2.43. The van der Waals surface area contributed by atoms with Crippen molar-refractivity contribution >= 4 is 11.6 Å². The van der Waals surface area contributed by atoms with Crippen LogP contribution in [0.15, 0.2) is 18.6 Å². The van der Waals surface area contributed by atoms with Gasteiger partial charge >= 0.3 is 5.97 Å². The van der Waals surface area contributed by atoms with Gasteiger partial charge in [0.15, 0.2) is 11.5 Å². The van der Waals surface area contributed by atoms with Crippen LogP contribution in [0, 0.1) is 0 Å². The summed E-state index contributed by atoms with van der Waals surface area (Å²) >= 11 is 0. The molecule has 0 N–H and O–H groups in total. The third-order valence-electron chi connectivity index (χ3n) is 3.52. The Hall–Kier alpha value is -1.98. The Labute approximate surface area is 104 Å². The van der Waals surface area contributed by atoms with Crippen LogP contribution < -0.4 is 0 Å². The van der Waals surface area contributed by atoms with Crippen molar-refractivity contribution in [3.05, 3.63) is 24.4 Å². The summed E-state index contributed by atoms with van der Waals surface area (Å²) in [6, 6.07) is 0. The van der Waals surface area contributed by atoms with Gasteiger partial charge in [-0.2, -0.15) is 0 Å². The number of rotatable bonds is 3. The predicted octanol–water partition coefficient (Wildman–Crippen LogP) is 1.11. The predicted molar refractivity (Wildman–Crippen MR) is 62.9 cm³/mol. The molecule has 2 heterocycles. The lowest BCUT2D eigenvalue weighted by Crippen LogP contribution is -2.45. The number of esters is 1. The van der Waals surface area contributed by atoms with Gasteiger partial charge in [0.05, 0.1) is 12.8 Å². The van der Waals surface area contributed by atoms with Crippen LogP contribution in [0.1, 0.15) is 32.0 Å². The minimum Gasteiger partial charge on any atom is -0.465 e. The summed E-state index contributed by atoms with van der Waals surface area (Å²) in [5.41, 5.74) is 0.0413. The summed E-state index contributed by atoms with van der Waals surface area (Å²) in [5.74, 6) is 0.479. The minimum atomic E-state index is -0.614. The number of carbonyl (C=O) groups excluding carboxylic acids is 1. The Morgan fingerprint density at radius 1 is 1.50 bits per heavy atom. The maximum atomic E-state index is 12.2. The smallest absolute Gasteiger partial charge is 0.319 e. The van der Waals surface area contributed by atoms with Crippen molar-refractivity contribution in [3.8, 4) is 0 Å². The van der Waals surface area contributed by atoms with Gasteiger partial charge in [-0.15, -0.1) is 10.2 Å². The van der Waals surface area contributed by atoms with Crippen molar-refractivity contribution in [2.45, 2.75) is 31.6 Å². The maximum Gasteiger partial charge on any atom is 0.319 e. The number of ether oxygens (including phenoxy) is 1. The third-order valence-corrected chi connectivity index (χ3v) is 3.52. The van der Waals surface area contributed by atoms with E-state index in [1.807, 2.05) is 11.3 Å². The third kappa shape index (κ3) is 1.41. The van der Waals surface area contributed by atoms with Crippen molar-refractivity contribution in [2.24, 2.45) is 0 Å². The average Bonchev–Trinajstić information content (AvgIpc) is 2.73. The van der Waals surface area contributed by atoms with E-state index in [1.165, 1.54) is 0 Å². The Morgan fingerprint density at radius 3 is 3.00 bits per heavy atom. The molecule has 0 spiro atoms. The molecular weight excluding hydrogens is 232 g/mol. The van der Waals surface area contributed by atoms with Crippen molar-refractivity contribution in [1.29, 1.82) is 0 Å². The highest BCUT2D eigenvalue weighted by molar-refractivity contribution is 5.83. The van der Waals surface area contributed by atoms with Gasteiger partial charge in [-0.25, -0.2) is 0 Å². The molecule has 6 heteroatoms. The van der Waals surface area contributed by atoms with Gasteiger partial charge in [0.2, 0.25) is 0 Å². The average molecular weight is 246 g/mol. The highest BCUT2D eigenvalue weighted by Gasteiger charge is 2.50. The standard InChI is InChI=1S/C12H14N4O2/c1-2-18-11(17)12(4-3-5-12)10-15-14-9-8-13-6-7-16(9)10/h6-8H,2-5H2,1H3. The van der Waals surface area contributed by atoms with Crippen LogP contribution in [0.2, 0.25) is 0 Å². The second-order valence-electron chi connectivity index (χ2n) is 4.48. The molecule has 1 saturated carbocycles. The molecule has 2 aromatic rings. The second-order valence-corrected chi connectivity index (χ2v) is 4.48. The molecule has 0 radical (unpaired) electrons. The van der Waals surface area contributed by atoms with Gasteiger partial charge in [-0.05, 0) is 19.8 Å². The Morgan fingerprint density at radius 2 is 2.33 bits per heavy atom. The lowest BCUT2D eigenvalue weighted by atomic mass is 9.68. The van der Waals surface area contributed by atoms with E-state index in [4.69, 9.17) is 4.74 Å². The van der Waals surface area contributed by atoms with Gasteiger partial charge in [-0.1, -0.05) is 6.42 Å². The van der Waals surface area contributed by atoms with Gasteiger partial charge in [0.1, 0.15) is 5.41 Å². The number of nitrogens with zero attached hydrogens (tertiary/aromatic N) is 4. The summed E-state index contributed by atoms with van der Waals surface area (Å²) in [6.45, 7) is 2.20. The van der Waals surface area contributed by atoms with E-state index >= 15 is 0 Å². The molecule has 1 aliphatic carbocycles. The molecular formula is C12H14N4O2. The van der Waals surface area contributed by atoms with E-state index in [2.05, 4.69) is 15.2 Å². The molecule has 0 saturated heterocycles. The first kappa shape index (κ1) is 11.1. The molecule has 0 unspecified atom stereocenters. The molecule has 3 rings (SSSR count). The van der Waals surface area contributed by atoms with Gasteiger partial charge in [-0.3, -0.25) is 14.2 Å². The Balaban J connectivity index is 2.09. The van der Waals surface area contributed by atoms with Gasteiger partial charge < -0.3 is 4.74 Å². The van der Waals surface area contributed by atoms with Crippen LogP contribution in [0.4, 0.5) is 0 Å². The summed E-state index contributed by atoms with van der Waals surface area (Å²) in [7, 11) is 0. The molecule has 0 bridgehead atoms. The molecule has 1 fully saturated rings. The van der Waals surface area contributed by atoms with E-state index in [-0.39, 0.29) is 5.97 Å². The Kier molecular flexibility index (Phi) is 2.50. The van der Waals surface area contributed by atoms with Crippen molar-refractivity contribution in [2.75, 3.05) is 6.61 Å². The second kappa shape index (κ2) is 4.04. The summed E-state index contributed by atoms with van der Waals surface area (Å²) in [4.78, 5) is 16.2. The fourth-order valence-electron chi connectivity index (χ4n) is 2.40. The number of fused-ring (bicyclic) bond motifs is 1. The van der Waals surface area contributed by atoms with E-state index in [9.17, 15) is 4.79 Å². The van der Waals surface area contributed by atoms with Crippen LogP contribution in [0.3, 0.4) is 0 Å². The summed E-state index contributed by atoms with van der Waals surface area (Å²) in [5, 5.41) is 8.22. The molecule has 2 aromatic heterocycles. The zero-order valence-electron chi connectivity index (χ0n) is 10.2. The normalized spacial score (nSPS) is 17.4. The zero-order chi connectivity index (χ0) is 12.6. The number of aromatic nitrogens is 4. The van der Waals surface area contributed by atoms with Crippen molar-refractivity contribution in [3.63, 3.8) is 0 Å². The fraction of sp³-hybridized carbons (Fsp3) is 0.500. The SMILES string of the molecule is CCOC(=O)C1(c2nnc3cnccn23)CCC1. The van der Waals surface area contributed by atoms with Crippen LogP contribution in [0.5, 0.6) is 0 Å². The lowest BCUT2D eigenvalue weighted by Gasteiger charge is -2.37. The van der Waals surface area contributed by atoms with Crippen molar-refractivity contribution in [1.82, 2.24) is 19.6 Å². The van der Waals surface area contributed by atoms with E-state index < -0.39 is 5.41 Å². The van der Waals surface area contributed by atoms with Crippen LogP contribution in [0.25, 0.3) is 5.65 Å². The molecule has 6 nitrogen and oxygen atoms in total. The quantitative estimate of drug-likeness (QED) is 0.759. The first-order chi connectivity index (χ1) is 8.78. The van der Waals surface area contributed by atoms with Crippen molar-refractivity contribution < 1.29 is 9.53 Å². The van der Waals surface area contributed by atoms with Crippen LogP contribution in [-0.2, 0) is 14.9 Å². The number of hydrogen-bond donors (Lipinski definition) is 0. The number of hydrogen-bond acceptors (Lipinski definition) is 5. The topological polar surface area (TPSA) is 69.4 Å². The first-order valence-electron chi connectivity index (χ1n) is 6.10. The lowest BCUT2D eigenvalue weighted by molar-refractivity contribution is -0.154. The number of carbonyl (C=O) groups is 1. The molecule has 0 aliphatic heterocycles. The molecule has 1 aliphatic rings. The molecule has 0 atom stereocenters. The Bertz CT molecular complexity index is 589. The van der Waals surface area contributed by atoms with E-state index in [1.54, 1.807) is 18.6 Å². The fourth-order valence-corrected chi connectivity index (χ4v) is 2.40. The molecule has 0 amide bonds. The summed E-state index contributed by atoms with van der Waals surface area (Å²) < 4.78 is 7.01. The maximum absolute atomic E-state index is 12.2. The van der Waals surface area contributed by atoms with E-state index in [0.29, 0.717) is 18.1 Å². The van der Waals surface area contributed by atoms with E-state index in [0.717, 1.165) is 19.3 Å². The zero-order valence-corrected chi connectivity index (χ0v) is 10.2. The molecule has 0 aromatic carbocycles. The van der Waals surface area contributed by atoms with Gasteiger partial charge in [0, 0.05) is 12.4 Å². The highest BCUT2D eigenvalue weighted by atomic mass is 16.5. The first-order valence-corrected chi connectivity index (χ1v) is 6.10. The monoisotopic (exact) mass is 246 g/mol.